The zero-order chi connectivity index (χ0) is 18.8. The van der Waals surface area contributed by atoms with Gasteiger partial charge < -0.3 is 4.74 Å². The van der Waals surface area contributed by atoms with Crippen LogP contribution in [0.1, 0.15) is 21.5 Å². The fourth-order valence-electron chi connectivity index (χ4n) is 2.70. The minimum atomic E-state index is -0.186. The van der Waals surface area contributed by atoms with Gasteiger partial charge in [-0.15, -0.1) is 0 Å². The molecule has 1 amide bonds. The highest BCUT2D eigenvalue weighted by Gasteiger charge is 2.11. The van der Waals surface area contributed by atoms with Crippen molar-refractivity contribution in [1.29, 1.82) is 0 Å². The molecule has 3 aromatic carbocycles. The summed E-state index contributed by atoms with van der Waals surface area (Å²) in [5.74, 6) is 1.26. The van der Waals surface area contributed by atoms with E-state index in [2.05, 4.69) is 30.2 Å². The van der Waals surface area contributed by atoms with Gasteiger partial charge in [0.25, 0.3) is 5.91 Å². The number of carbonyl (C=O) groups is 1. The summed E-state index contributed by atoms with van der Waals surface area (Å²) in [5.41, 5.74) is 3.88. The number of carbonyl (C=O) groups excluding carboxylic acids is 1. The van der Waals surface area contributed by atoms with Crippen LogP contribution >= 0.6 is 11.3 Å². The fraction of sp³-hybridized carbons (Fsp3) is 0.0909. The van der Waals surface area contributed by atoms with Crippen LogP contribution in [0.3, 0.4) is 0 Å². The minimum absolute atomic E-state index is 0.186. The molecule has 134 valence electrons. The lowest BCUT2D eigenvalue weighted by Crippen LogP contribution is -2.11. The Morgan fingerprint density at radius 2 is 1.59 bits per heavy atom. The molecule has 4 rings (SSSR count). The zero-order valence-electron chi connectivity index (χ0n) is 15.0. The molecule has 0 aliphatic carbocycles. The van der Waals surface area contributed by atoms with E-state index in [1.165, 1.54) is 22.5 Å². The van der Waals surface area contributed by atoms with E-state index in [1.807, 2.05) is 36.4 Å². The Kier molecular flexibility index (Phi) is 4.60. The highest BCUT2D eigenvalue weighted by molar-refractivity contribution is 7.22. The summed E-state index contributed by atoms with van der Waals surface area (Å²) < 4.78 is 6.82. The number of hydrogen-bond donors (Lipinski definition) is 1. The topological polar surface area (TPSA) is 51.2 Å². The molecule has 0 saturated heterocycles. The Labute approximate surface area is 161 Å². The third-order valence-corrected chi connectivity index (χ3v) is 5.25. The summed E-state index contributed by atoms with van der Waals surface area (Å²) >= 11 is 1.48. The molecule has 27 heavy (non-hydrogen) atoms. The number of amides is 1. The van der Waals surface area contributed by atoms with Gasteiger partial charge in [0.2, 0.25) is 0 Å². The number of hydrogen-bond acceptors (Lipinski definition) is 4. The van der Waals surface area contributed by atoms with Gasteiger partial charge in [0.1, 0.15) is 11.5 Å². The highest BCUT2D eigenvalue weighted by atomic mass is 32.1. The summed E-state index contributed by atoms with van der Waals surface area (Å²) in [5, 5.41) is 3.48. The number of aromatic nitrogens is 1. The van der Waals surface area contributed by atoms with Crippen molar-refractivity contribution in [2.75, 3.05) is 5.32 Å². The molecule has 0 spiro atoms. The van der Waals surface area contributed by atoms with E-state index >= 15 is 0 Å². The molecule has 0 aliphatic rings. The number of aryl methyl sites for hydroxylation is 2. The molecule has 0 unspecified atom stereocenters. The van der Waals surface area contributed by atoms with Crippen LogP contribution in [-0.4, -0.2) is 10.9 Å². The third kappa shape index (κ3) is 3.83. The number of rotatable bonds is 4. The number of nitrogens with zero attached hydrogens (tertiary/aromatic N) is 1. The van der Waals surface area contributed by atoms with Crippen molar-refractivity contribution in [3.05, 3.63) is 83.4 Å². The lowest BCUT2D eigenvalue weighted by Gasteiger charge is -2.06. The van der Waals surface area contributed by atoms with Crippen LogP contribution in [-0.2, 0) is 0 Å². The van der Waals surface area contributed by atoms with Gasteiger partial charge in [-0.1, -0.05) is 29.5 Å². The van der Waals surface area contributed by atoms with Crippen LogP contribution in [0.25, 0.3) is 10.2 Å². The summed E-state index contributed by atoms with van der Waals surface area (Å²) in [4.78, 5) is 17.0. The Morgan fingerprint density at radius 1 is 0.926 bits per heavy atom. The van der Waals surface area contributed by atoms with Crippen LogP contribution in [0, 0.1) is 13.8 Å². The van der Waals surface area contributed by atoms with Crippen LogP contribution in [0.5, 0.6) is 11.5 Å². The van der Waals surface area contributed by atoms with Gasteiger partial charge in [-0.2, -0.15) is 0 Å². The number of thiazole rings is 1. The molecule has 0 fully saturated rings. The molecule has 0 aliphatic heterocycles. The molecule has 1 heterocycles. The van der Waals surface area contributed by atoms with E-state index in [1.54, 1.807) is 24.3 Å². The first kappa shape index (κ1) is 17.2. The maximum absolute atomic E-state index is 12.5. The largest absolute Gasteiger partial charge is 0.457 e. The SMILES string of the molecule is Cc1cc2nc(NC(=O)c3ccc(Oc4ccccc4)cc3)sc2cc1C. The Balaban J connectivity index is 1.48. The highest BCUT2D eigenvalue weighted by Crippen LogP contribution is 2.29. The predicted octanol–water partition coefficient (Wildman–Crippen LogP) is 5.96. The van der Waals surface area contributed by atoms with E-state index < -0.39 is 0 Å². The van der Waals surface area contributed by atoms with Gasteiger partial charge in [0.15, 0.2) is 5.13 Å². The lowest BCUT2D eigenvalue weighted by atomic mass is 10.1. The van der Waals surface area contributed by atoms with Crippen molar-refractivity contribution in [3.8, 4) is 11.5 Å². The van der Waals surface area contributed by atoms with Gasteiger partial charge in [-0.05, 0) is 73.5 Å². The van der Waals surface area contributed by atoms with Gasteiger partial charge in [0, 0.05) is 5.56 Å². The summed E-state index contributed by atoms with van der Waals surface area (Å²) in [6.07, 6.45) is 0. The van der Waals surface area contributed by atoms with Crippen molar-refractivity contribution in [2.45, 2.75) is 13.8 Å². The standard InChI is InChI=1S/C22H18N2O2S/c1-14-12-19-20(13-15(14)2)27-22(23-19)24-21(25)16-8-10-18(11-9-16)26-17-6-4-3-5-7-17/h3-13H,1-2H3,(H,23,24,25). The van der Waals surface area contributed by atoms with Gasteiger partial charge >= 0.3 is 0 Å². The average molecular weight is 374 g/mol. The molecule has 0 bridgehead atoms. The summed E-state index contributed by atoms with van der Waals surface area (Å²) in [7, 11) is 0. The smallest absolute Gasteiger partial charge is 0.257 e. The maximum Gasteiger partial charge on any atom is 0.257 e. The molecule has 0 atom stereocenters. The molecule has 4 aromatic rings. The first-order valence-electron chi connectivity index (χ1n) is 8.60. The monoisotopic (exact) mass is 374 g/mol. The molecule has 1 N–H and O–H groups in total. The normalized spacial score (nSPS) is 10.7. The molecule has 4 nitrogen and oxygen atoms in total. The van der Waals surface area contributed by atoms with Crippen LogP contribution in [0.4, 0.5) is 5.13 Å². The van der Waals surface area contributed by atoms with Crippen molar-refractivity contribution < 1.29 is 9.53 Å². The summed E-state index contributed by atoms with van der Waals surface area (Å²) in [6, 6.07) is 20.8. The molecule has 5 heteroatoms. The number of fused-ring (bicyclic) bond motifs is 1. The van der Waals surface area contributed by atoms with Crippen molar-refractivity contribution in [2.24, 2.45) is 0 Å². The molecule has 1 aromatic heterocycles. The first-order chi connectivity index (χ1) is 13.1. The molecule has 0 radical (unpaired) electrons. The van der Waals surface area contributed by atoms with Gasteiger partial charge in [-0.3, -0.25) is 10.1 Å². The second-order valence-corrected chi connectivity index (χ2v) is 7.35. The van der Waals surface area contributed by atoms with Crippen LogP contribution in [0.15, 0.2) is 66.7 Å². The van der Waals surface area contributed by atoms with Crippen molar-refractivity contribution >= 4 is 32.6 Å². The number of benzene rings is 3. The van der Waals surface area contributed by atoms with E-state index in [0.717, 1.165) is 16.0 Å². The summed E-state index contributed by atoms with van der Waals surface area (Å²) in [6.45, 7) is 4.14. The Bertz CT molecular complexity index is 1060. The minimum Gasteiger partial charge on any atom is -0.457 e. The predicted molar refractivity (Wildman–Crippen MR) is 110 cm³/mol. The first-order valence-corrected chi connectivity index (χ1v) is 9.42. The van der Waals surface area contributed by atoms with Crippen molar-refractivity contribution in [3.63, 3.8) is 0 Å². The van der Waals surface area contributed by atoms with E-state index in [4.69, 9.17) is 4.74 Å². The lowest BCUT2D eigenvalue weighted by molar-refractivity contribution is 0.102. The Morgan fingerprint density at radius 3 is 2.33 bits per heavy atom. The number of ether oxygens (including phenoxy) is 1. The van der Waals surface area contributed by atoms with Gasteiger partial charge in [0.05, 0.1) is 10.2 Å². The Hall–Kier alpha value is -3.18. The second kappa shape index (κ2) is 7.21. The second-order valence-electron chi connectivity index (χ2n) is 6.32. The van der Waals surface area contributed by atoms with Crippen LogP contribution in [0.2, 0.25) is 0 Å². The maximum atomic E-state index is 12.5. The van der Waals surface area contributed by atoms with E-state index in [-0.39, 0.29) is 5.91 Å². The number of para-hydroxylation sites is 1. The quantitative estimate of drug-likeness (QED) is 0.480. The number of nitrogens with one attached hydrogen (secondary N) is 1. The average Bonchev–Trinajstić information content (AvgIpc) is 3.04. The zero-order valence-corrected chi connectivity index (χ0v) is 15.8. The van der Waals surface area contributed by atoms with Crippen molar-refractivity contribution in [1.82, 2.24) is 4.98 Å². The van der Waals surface area contributed by atoms with Crippen LogP contribution < -0.4 is 10.1 Å². The third-order valence-electron chi connectivity index (χ3n) is 4.32. The number of anilines is 1. The molecule has 0 saturated carbocycles. The van der Waals surface area contributed by atoms with E-state index in [9.17, 15) is 4.79 Å². The molecular weight excluding hydrogens is 356 g/mol. The van der Waals surface area contributed by atoms with E-state index in [0.29, 0.717) is 16.4 Å². The fourth-order valence-corrected chi connectivity index (χ4v) is 3.64. The van der Waals surface area contributed by atoms with Gasteiger partial charge in [-0.25, -0.2) is 4.98 Å². The molecular formula is C22H18N2O2S.